The number of aromatic carboxylic acids is 1. The summed E-state index contributed by atoms with van der Waals surface area (Å²) in [5.74, 6) is -2.83. The number of azo groups is 1. The molecule has 2 aromatic rings. The van der Waals surface area contributed by atoms with E-state index in [-0.39, 0.29) is 17.7 Å². The number of carbonyl (C=O) groups is 1. The van der Waals surface area contributed by atoms with E-state index in [9.17, 15) is 15.0 Å². The molecule has 0 fully saturated rings. The molecular formula is C9H7N5O5. The fourth-order valence-electron chi connectivity index (χ4n) is 1.22. The molecular weight excluding hydrogens is 258 g/mol. The molecule has 0 bridgehead atoms. The largest absolute Gasteiger partial charge is 0.507 e. The van der Waals surface area contributed by atoms with E-state index in [1.54, 1.807) is 0 Å². The van der Waals surface area contributed by atoms with Crippen molar-refractivity contribution in [3.05, 3.63) is 17.7 Å². The Morgan fingerprint density at radius 1 is 1.26 bits per heavy atom. The standard InChI is InChI=1S/C9H7N5O5/c10-8-12-14-9(19-8)13-11-3-1-2-4(15)5(6(3)16)7(17)18/h1-2,15-16H,(H2,10,12)(H,17,18). The van der Waals surface area contributed by atoms with Crippen LogP contribution < -0.4 is 5.73 Å². The van der Waals surface area contributed by atoms with E-state index >= 15 is 0 Å². The molecule has 2 rings (SSSR count). The second-order valence-electron chi connectivity index (χ2n) is 3.26. The van der Waals surface area contributed by atoms with Gasteiger partial charge in [0, 0.05) is 0 Å². The van der Waals surface area contributed by atoms with E-state index in [1.807, 2.05) is 0 Å². The number of rotatable bonds is 3. The number of phenols is 2. The van der Waals surface area contributed by atoms with Crippen LogP contribution in [0.3, 0.4) is 0 Å². The Labute approximate surface area is 104 Å². The van der Waals surface area contributed by atoms with Crippen LogP contribution in [-0.4, -0.2) is 31.5 Å². The maximum Gasteiger partial charge on any atom is 0.363 e. The van der Waals surface area contributed by atoms with Crippen LogP contribution in [0, 0.1) is 0 Å². The zero-order valence-electron chi connectivity index (χ0n) is 9.18. The van der Waals surface area contributed by atoms with Crippen LogP contribution in [0.4, 0.5) is 17.7 Å². The topological polar surface area (TPSA) is 167 Å². The third-order valence-electron chi connectivity index (χ3n) is 2.02. The summed E-state index contributed by atoms with van der Waals surface area (Å²) >= 11 is 0. The number of aromatic hydroxyl groups is 2. The Kier molecular flexibility index (Phi) is 2.98. The van der Waals surface area contributed by atoms with Crippen LogP contribution in [0.5, 0.6) is 11.5 Å². The lowest BCUT2D eigenvalue weighted by molar-refractivity contribution is 0.0690. The highest BCUT2D eigenvalue weighted by Gasteiger charge is 2.18. The third kappa shape index (κ3) is 2.41. The Morgan fingerprint density at radius 3 is 2.58 bits per heavy atom. The maximum atomic E-state index is 10.8. The zero-order valence-corrected chi connectivity index (χ0v) is 9.18. The summed E-state index contributed by atoms with van der Waals surface area (Å²) in [5, 5.41) is 41.4. The molecule has 10 heteroatoms. The Balaban J connectivity index is 2.39. The summed E-state index contributed by atoms with van der Waals surface area (Å²) in [7, 11) is 0. The van der Waals surface area contributed by atoms with Gasteiger partial charge in [-0.05, 0) is 12.1 Å². The zero-order chi connectivity index (χ0) is 14.0. The number of carboxylic acids is 1. The van der Waals surface area contributed by atoms with E-state index < -0.39 is 23.0 Å². The van der Waals surface area contributed by atoms with Gasteiger partial charge in [0.05, 0.1) is 0 Å². The van der Waals surface area contributed by atoms with Crippen LogP contribution in [0.25, 0.3) is 0 Å². The molecule has 0 atom stereocenters. The highest BCUT2D eigenvalue weighted by atomic mass is 16.4. The molecule has 0 radical (unpaired) electrons. The van der Waals surface area contributed by atoms with Gasteiger partial charge in [0.25, 0.3) is 0 Å². The fraction of sp³-hybridized carbons (Fsp3) is 0. The van der Waals surface area contributed by atoms with Crippen molar-refractivity contribution in [2.45, 2.75) is 0 Å². The lowest BCUT2D eigenvalue weighted by Crippen LogP contribution is -1.97. The van der Waals surface area contributed by atoms with Crippen LogP contribution in [0.2, 0.25) is 0 Å². The first-order valence-corrected chi connectivity index (χ1v) is 4.78. The predicted octanol–water partition coefficient (Wildman–Crippen LogP) is 1.18. The minimum Gasteiger partial charge on any atom is -0.507 e. The SMILES string of the molecule is Nc1nnc(N=Nc2ccc(O)c(C(=O)O)c2O)o1. The average molecular weight is 265 g/mol. The van der Waals surface area contributed by atoms with E-state index in [4.69, 9.17) is 15.3 Å². The Bertz CT molecular complexity index is 665. The van der Waals surface area contributed by atoms with Crippen molar-refractivity contribution in [3.63, 3.8) is 0 Å². The molecule has 0 amide bonds. The van der Waals surface area contributed by atoms with Crippen molar-refractivity contribution < 1.29 is 24.5 Å². The number of carboxylic acid groups (broad SMARTS) is 1. The number of nitrogens with zero attached hydrogens (tertiary/aromatic N) is 4. The van der Waals surface area contributed by atoms with Crippen molar-refractivity contribution in [1.82, 2.24) is 10.2 Å². The normalized spacial score (nSPS) is 10.9. The first kappa shape index (κ1) is 12.3. The first-order valence-electron chi connectivity index (χ1n) is 4.78. The van der Waals surface area contributed by atoms with Crippen molar-refractivity contribution in [1.29, 1.82) is 0 Å². The van der Waals surface area contributed by atoms with Gasteiger partial charge < -0.3 is 25.5 Å². The smallest absolute Gasteiger partial charge is 0.363 e. The van der Waals surface area contributed by atoms with Gasteiger partial charge in [-0.3, -0.25) is 0 Å². The molecule has 98 valence electrons. The quantitative estimate of drug-likeness (QED) is 0.599. The molecule has 0 saturated carbocycles. The van der Waals surface area contributed by atoms with Gasteiger partial charge >= 0.3 is 18.0 Å². The van der Waals surface area contributed by atoms with Gasteiger partial charge in [0.1, 0.15) is 17.0 Å². The number of benzene rings is 1. The molecule has 0 aliphatic heterocycles. The number of hydrogen-bond donors (Lipinski definition) is 4. The molecule has 0 aliphatic rings. The van der Waals surface area contributed by atoms with E-state index in [1.165, 1.54) is 6.07 Å². The molecule has 5 N–H and O–H groups in total. The first-order chi connectivity index (χ1) is 8.99. The highest BCUT2D eigenvalue weighted by Crippen LogP contribution is 2.36. The van der Waals surface area contributed by atoms with Crippen molar-refractivity contribution in [3.8, 4) is 11.5 Å². The fourth-order valence-corrected chi connectivity index (χ4v) is 1.22. The summed E-state index contributed by atoms with van der Waals surface area (Å²) in [6, 6.07) is 1.75. The lowest BCUT2D eigenvalue weighted by atomic mass is 10.1. The van der Waals surface area contributed by atoms with Crippen LogP contribution >= 0.6 is 0 Å². The summed E-state index contributed by atoms with van der Waals surface area (Å²) in [5.41, 5.74) is 4.29. The monoisotopic (exact) mass is 265 g/mol. The van der Waals surface area contributed by atoms with E-state index in [2.05, 4.69) is 20.4 Å². The number of hydrogen-bond acceptors (Lipinski definition) is 9. The van der Waals surface area contributed by atoms with Gasteiger partial charge in [-0.15, -0.1) is 5.11 Å². The molecule has 19 heavy (non-hydrogen) atoms. The second-order valence-corrected chi connectivity index (χ2v) is 3.26. The summed E-state index contributed by atoms with van der Waals surface area (Å²) < 4.78 is 4.69. The highest BCUT2D eigenvalue weighted by molar-refractivity contribution is 5.95. The van der Waals surface area contributed by atoms with Gasteiger partial charge in [0.15, 0.2) is 5.75 Å². The third-order valence-corrected chi connectivity index (χ3v) is 2.02. The van der Waals surface area contributed by atoms with Gasteiger partial charge in [-0.1, -0.05) is 15.3 Å². The van der Waals surface area contributed by atoms with Crippen molar-refractivity contribution in [2.75, 3.05) is 5.73 Å². The molecule has 0 unspecified atom stereocenters. The van der Waals surface area contributed by atoms with Crippen LogP contribution in [0.1, 0.15) is 10.4 Å². The van der Waals surface area contributed by atoms with Crippen LogP contribution in [-0.2, 0) is 0 Å². The lowest BCUT2D eigenvalue weighted by Gasteiger charge is -2.03. The maximum absolute atomic E-state index is 10.8. The number of nitrogens with two attached hydrogens (primary N) is 1. The summed E-state index contributed by atoms with van der Waals surface area (Å²) in [4.78, 5) is 10.8. The van der Waals surface area contributed by atoms with E-state index in [0.29, 0.717) is 0 Å². The second kappa shape index (κ2) is 4.60. The molecule has 0 saturated heterocycles. The van der Waals surface area contributed by atoms with Gasteiger partial charge in [-0.2, -0.15) is 0 Å². The Morgan fingerprint density at radius 2 is 2.00 bits per heavy atom. The molecule has 0 spiro atoms. The predicted molar refractivity (Wildman–Crippen MR) is 59.6 cm³/mol. The van der Waals surface area contributed by atoms with Crippen molar-refractivity contribution in [2.24, 2.45) is 10.2 Å². The molecule has 1 aromatic carbocycles. The molecule has 0 aliphatic carbocycles. The minimum atomic E-state index is -1.51. The van der Waals surface area contributed by atoms with Gasteiger partial charge in [-0.25, -0.2) is 4.79 Å². The molecule has 10 nitrogen and oxygen atoms in total. The number of anilines is 1. The molecule has 1 heterocycles. The van der Waals surface area contributed by atoms with E-state index in [0.717, 1.165) is 6.07 Å². The Hall–Kier alpha value is -3.17. The average Bonchev–Trinajstić information content (AvgIpc) is 2.74. The molecule has 1 aromatic heterocycles. The number of aromatic nitrogens is 2. The van der Waals surface area contributed by atoms with Crippen molar-refractivity contribution >= 4 is 23.7 Å². The van der Waals surface area contributed by atoms with Crippen LogP contribution in [0.15, 0.2) is 26.8 Å². The summed E-state index contributed by atoms with van der Waals surface area (Å²) in [6.07, 6.45) is 0. The summed E-state index contributed by atoms with van der Waals surface area (Å²) in [6.45, 7) is 0. The minimum absolute atomic E-state index is 0.188. The van der Waals surface area contributed by atoms with Gasteiger partial charge in [0.2, 0.25) is 0 Å². The number of nitrogen functional groups attached to an aromatic ring is 1.